The Morgan fingerprint density at radius 1 is 1.40 bits per heavy atom. The van der Waals surface area contributed by atoms with Gasteiger partial charge in [-0.25, -0.2) is 4.79 Å². The molecule has 0 amide bonds. The predicted molar refractivity (Wildman–Crippen MR) is 82.1 cm³/mol. The second-order valence-electron chi connectivity index (χ2n) is 4.63. The molecule has 0 fully saturated rings. The lowest BCUT2D eigenvalue weighted by atomic mass is 9.92. The summed E-state index contributed by atoms with van der Waals surface area (Å²) in [5.74, 6) is -0.336. The first-order valence-electron chi connectivity index (χ1n) is 6.52. The van der Waals surface area contributed by atoms with E-state index in [2.05, 4.69) is 10.6 Å². The normalized spacial score (nSPS) is 18.4. The van der Waals surface area contributed by atoms with Gasteiger partial charge in [0.05, 0.1) is 18.7 Å². The summed E-state index contributed by atoms with van der Waals surface area (Å²) in [6, 6.07) is 7.67. The highest BCUT2D eigenvalue weighted by atomic mass is 32.1. The summed E-state index contributed by atoms with van der Waals surface area (Å²) < 4.78 is 4.93. The van der Waals surface area contributed by atoms with E-state index in [0.717, 1.165) is 16.8 Å². The van der Waals surface area contributed by atoms with Crippen molar-refractivity contribution in [3.63, 3.8) is 0 Å². The van der Waals surface area contributed by atoms with Crippen LogP contribution < -0.4 is 10.6 Å². The summed E-state index contributed by atoms with van der Waals surface area (Å²) in [4.78, 5) is 12.1. The van der Waals surface area contributed by atoms with Crippen LogP contribution in [0.3, 0.4) is 0 Å². The summed E-state index contributed by atoms with van der Waals surface area (Å²) >= 11 is 5.24. The third-order valence-corrected chi connectivity index (χ3v) is 3.63. The molecule has 4 nitrogen and oxygen atoms in total. The topological polar surface area (TPSA) is 50.4 Å². The van der Waals surface area contributed by atoms with E-state index in [0.29, 0.717) is 17.1 Å². The summed E-state index contributed by atoms with van der Waals surface area (Å²) in [6.45, 7) is 4.00. The zero-order valence-electron chi connectivity index (χ0n) is 11.8. The number of rotatable bonds is 3. The highest BCUT2D eigenvalue weighted by Crippen LogP contribution is 2.30. The zero-order valence-corrected chi connectivity index (χ0v) is 12.6. The van der Waals surface area contributed by atoms with E-state index in [9.17, 15) is 4.79 Å². The van der Waals surface area contributed by atoms with E-state index in [-0.39, 0.29) is 12.0 Å². The molecule has 5 heteroatoms. The van der Waals surface area contributed by atoms with Crippen LogP contribution in [0.2, 0.25) is 0 Å². The van der Waals surface area contributed by atoms with Crippen molar-refractivity contribution in [3.05, 3.63) is 46.7 Å². The number of carbonyl (C=O) groups is 1. The number of thiocarbonyl (C=S) groups is 1. The van der Waals surface area contributed by atoms with Crippen LogP contribution in [0.1, 0.15) is 30.5 Å². The molecule has 1 aliphatic heterocycles. The minimum Gasteiger partial charge on any atom is -0.466 e. The van der Waals surface area contributed by atoms with Crippen molar-refractivity contribution < 1.29 is 9.53 Å². The van der Waals surface area contributed by atoms with E-state index in [1.807, 2.05) is 38.1 Å². The largest absolute Gasteiger partial charge is 0.466 e. The maximum absolute atomic E-state index is 12.1. The Kier molecular flexibility index (Phi) is 4.39. The highest BCUT2D eigenvalue weighted by Gasteiger charge is 2.31. The first-order valence-corrected chi connectivity index (χ1v) is 6.93. The lowest BCUT2D eigenvalue weighted by molar-refractivity contribution is -0.136. The number of nitrogens with one attached hydrogen (secondary N) is 2. The summed E-state index contributed by atoms with van der Waals surface area (Å²) in [7, 11) is 1.39. The van der Waals surface area contributed by atoms with Gasteiger partial charge in [0.2, 0.25) is 0 Å². The second-order valence-corrected chi connectivity index (χ2v) is 5.03. The first kappa shape index (κ1) is 14.5. The van der Waals surface area contributed by atoms with Gasteiger partial charge < -0.3 is 15.4 Å². The second kappa shape index (κ2) is 6.05. The lowest BCUT2D eigenvalue weighted by Gasteiger charge is -2.31. The average molecular weight is 290 g/mol. The first-order chi connectivity index (χ1) is 9.58. The van der Waals surface area contributed by atoms with Crippen molar-refractivity contribution in [3.8, 4) is 0 Å². The van der Waals surface area contributed by atoms with Crippen LogP contribution in [0.15, 0.2) is 35.5 Å². The van der Waals surface area contributed by atoms with Gasteiger partial charge in [0, 0.05) is 5.70 Å². The molecule has 1 aromatic carbocycles. The SMILES string of the molecule is CCC1=C(C(=O)OC)[C@H](c2ccccc2C)NC(=S)N1. The van der Waals surface area contributed by atoms with E-state index in [4.69, 9.17) is 17.0 Å². The number of hydrogen-bond acceptors (Lipinski definition) is 3. The molecule has 0 bridgehead atoms. The zero-order chi connectivity index (χ0) is 14.7. The maximum Gasteiger partial charge on any atom is 0.337 e. The van der Waals surface area contributed by atoms with Crippen molar-refractivity contribution in [2.75, 3.05) is 7.11 Å². The molecule has 0 radical (unpaired) electrons. The number of hydrogen-bond donors (Lipinski definition) is 2. The molecular weight excluding hydrogens is 272 g/mol. The van der Waals surface area contributed by atoms with Crippen molar-refractivity contribution in [1.29, 1.82) is 0 Å². The fourth-order valence-electron chi connectivity index (χ4n) is 2.39. The average Bonchev–Trinajstić information content (AvgIpc) is 2.46. The Hall–Kier alpha value is -1.88. The molecule has 0 aliphatic carbocycles. The van der Waals surface area contributed by atoms with Crippen molar-refractivity contribution in [1.82, 2.24) is 10.6 Å². The van der Waals surface area contributed by atoms with Crippen LogP contribution in [0.25, 0.3) is 0 Å². The Bertz CT molecular complexity index is 581. The van der Waals surface area contributed by atoms with E-state index in [1.54, 1.807) is 0 Å². The third-order valence-electron chi connectivity index (χ3n) is 3.41. The minimum absolute atomic E-state index is 0.271. The number of esters is 1. The number of methoxy groups -OCH3 is 1. The fourth-order valence-corrected chi connectivity index (χ4v) is 2.63. The van der Waals surface area contributed by atoms with Crippen molar-refractivity contribution in [2.45, 2.75) is 26.3 Å². The molecule has 1 aromatic rings. The van der Waals surface area contributed by atoms with E-state index >= 15 is 0 Å². The van der Waals surface area contributed by atoms with Crippen LogP contribution >= 0.6 is 12.2 Å². The Labute approximate surface area is 124 Å². The monoisotopic (exact) mass is 290 g/mol. The molecule has 1 atom stereocenters. The highest BCUT2D eigenvalue weighted by molar-refractivity contribution is 7.80. The molecule has 106 valence electrons. The maximum atomic E-state index is 12.1. The molecule has 1 heterocycles. The molecule has 1 aliphatic rings. The van der Waals surface area contributed by atoms with Crippen LogP contribution in [0.4, 0.5) is 0 Å². The molecule has 0 aromatic heterocycles. The number of carbonyl (C=O) groups excluding carboxylic acids is 1. The number of ether oxygens (including phenoxy) is 1. The summed E-state index contributed by atoms with van der Waals surface area (Å²) in [5.41, 5.74) is 3.54. The molecule has 20 heavy (non-hydrogen) atoms. The predicted octanol–water partition coefficient (Wildman–Crippen LogP) is 2.35. The van der Waals surface area contributed by atoms with E-state index < -0.39 is 0 Å². The smallest absolute Gasteiger partial charge is 0.337 e. The van der Waals surface area contributed by atoms with Crippen LogP contribution in [0, 0.1) is 6.92 Å². The Morgan fingerprint density at radius 2 is 2.10 bits per heavy atom. The van der Waals surface area contributed by atoms with Gasteiger partial charge in [-0.05, 0) is 36.7 Å². The summed E-state index contributed by atoms with van der Waals surface area (Å²) in [5, 5.41) is 6.74. The van der Waals surface area contributed by atoms with Crippen LogP contribution in [-0.2, 0) is 9.53 Å². The number of benzene rings is 1. The molecule has 2 rings (SSSR count). The lowest BCUT2D eigenvalue weighted by Crippen LogP contribution is -2.45. The van der Waals surface area contributed by atoms with Crippen molar-refractivity contribution >= 4 is 23.3 Å². The number of allylic oxidation sites excluding steroid dienone is 1. The number of aryl methyl sites for hydroxylation is 1. The van der Waals surface area contributed by atoms with Gasteiger partial charge in [-0.1, -0.05) is 31.2 Å². The fraction of sp³-hybridized carbons (Fsp3) is 0.333. The Morgan fingerprint density at radius 3 is 2.70 bits per heavy atom. The molecule has 0 spiro atoms. The van der Waals surface area contributed by atoms with Gasteiger partial charge in [-0.2, -0.15) is 0 Å². The summed E-state index contributed by atoms with van der Waals surface area (Å²) in [6.07, 6.45) is 0.689. The van der Waals surface area contributed by atoms with Gasteiger partial charge in [-0.15, -0.1) is 0 Å². The van der Waals surface area contributed by atoms with Crippen LogP contribution in [-0.4, -0.2) is 18.2 Å². The van der Waals surface area contributed by atoms with Crippen LogP contribution in [0.5, 0.6) is 0 Å². The van der Waals surface area contributed by atoms with Crippen molar-refractivity contribution in [2.24, 2.45) is 0 Å². The molecule has 0 saturated carbocycles. The van der Waals surface area contributed by atoms with Gasteiger partial charge >= 0.3 is 5.97 Å². The van der Waals surface area contributed by atoms with Gasteiger partial charge in [-0.3, -0.25) is 0 Å². The molecular formula is C15H18N2O2S. The van der Waals surface area contributed by atoms with Gasteiger partial charge in [0.25, 0.3) is 0 Å². The van der Waals surface area contributed by atoms with Gasteiger partial charge in [0.1, 0.15) is 0 Å². The van der Waals surface area contributed by atoms with Gasteiger partial charge in [0.15, 0.2) is 5.11 Å². The third kappa shape index (κ3) is 2.67. The minimum atomic E-state index is -0.336. The molecule has 0 unspecified atom stereocenters. The Balaban J connectivity index is 2.56. The van der Waals surface area contributed by atoms with E-state index in [1.165, 1.54) is 7.11 Å². The molecule has 2 N–H and O–H groups in total. The molecule has 0 saturated heterocycles. The standard InChI is InChI=1S/C15H18N2O2S/c1-4-11-12(14(18)19-3)13(17-15(20)16-11)10-8-6-5-7-9(10)2/h5-8,13H,4H2,1-3H3,(H2,16,17,20)/t13-/m0/s1. The quantitative estimate of drug-likeness (QED) is 0.661.